The summed E-state index contributed by atoms with van der Waals surface area (Å²) in [7, 11) is 0. The molecule has 0 bridgehead atoms. The molecule has 15 heavy (non-hydrogen) atoms. The van der Waals surface area contributed by atoms with Crippen LogP contribution in [-0.2, 0) is 4.79 Å². The lowest BCUT2D eigenvalue weighted by molar-refractivity contribution is -0.112. The lowest BCUT2D eigenvalue weighted by atomic mass is 10.1. The Balaban J connectivity index is 3.41. The molecule has 0 rings (SSSR count). The van der Waals surface area contributed by atoms with Crippen molar-refractivity contribution < 1.29 is 4.79 Å². The first kappa shape index (κ1) is 13.9. The molecule has 0 aromatic rings. The monoisotopic (exact) mass is 206 g/mol. The van der Waals surface area contributed by atoms with Gasteiger partial charge in [0.2, 0.25) is 0 Å². The van der Waals surface area contributed by atoms with Crippen molar-refractivity contribution in [3.63, 3.8) is 0 Å². The van der Waals surface area contributed by atoms with Crippen molar-refractivity contribution in [1.82, 2.24) is 0 Å². The first-order valence-corrected chi connectivity index (χ1v) is 5.77. The Morgan fingerprint density at radius 2 is 1.73 bits per heavy atom. The van der Waals surface area contributed by atoms with Crippen molar-refractivity contribution in [1.29, 1.82) is 0 Å². The summed E-state index contributed by atoms with van der Waals surface area (Å²) in [6.07, 6.45) is 17.8. The van der Waals surface area contributed by atoms with Crippen LogP contribution >= 0.6 is 0 Å². The minimum atomic E-state index is 0.0863. The van der Waals surface area contributed by atoms with Gasteiger partial charge in [-0.1, -0.05) is 56.6 Å². The maximum Gasteiger partial charge on any atom is 0.152 e. The Hall–Kier alpha value is -1.11. The van der Waals surface area contributed by atoms with Crippen molar-refractivity contribution in [2.45, 2.75) is 46.0 Å². The molecule has 0 heterocycles. The van der Waals surface area contributed by atoms with Crippen LogP contribution in [0, 0.1) is 0 Å². The van der Waals surface area contributed by atoms with Crippen LogP contribution in [-0.4, -0.2) is 5.78 Å². The van der Waals surface area contributed by atoms with Crippen LogP contribution in [0.25, 0.3) is 0 Å². The van der Waals surface area contributed by atoms with E-state index in [1.54, 1.807) is 19.1 Å². The molecule has 1 heteroatoms. The summed E-state index contributed by atoms with van der Waals surface area (Å²) in [4.78, 5) is 10.5. The van der Waals surface area contributed by atoms with E-state index in [0.29, 0.717) is 0 Å². The molecule has 84 valence electrons. The highest BCUT2D eigenvalue weighted by atomic mass is 16.1. The van der Waals surface area contributed by atoms with E-state index in [4.69, 9.17) is 0 Å². The first-order chi connectivity index (χ1) is 7.27. The van der Waals surface area contributed by atoms with Gasteiger partial charge >= 0.3 is 0 Å². The smallest absolute Gasteiger partial charge is 0.152 e. The van der Waals surface area contributed by atoms with E-state index in [-0.39, 0.29) is 5.78 Å². The molecular weight excluding hydrogens is 184 g/mol. The van der Waals surface area contributed by atoms with E-state index in [9.17, 15) is 4.79 Å². The third-order valence-corrected chi connectivity index (χ3v) is 2.02. The molecule has 0 N–H and O–H groups in total. The number of allylic oxidation sites excluding steroid dienone is 6. The van der Waals surface area contributed by atoms with Crippen LogP contribution in [0.3, 0.4) is 0 Å². The number of carbonyl (C=O) groups is 1. The number of hydrogen-bond acceptors (Lipinski definition) is 1. The minimum absolute atomic E-state index is 0.0863. The number of unbranched alkanes of at least 4 members (excludes halogenated alkanes) is 4. The second kappa shape index (κ2) is 11.0. The summed E-state index contributed by atoms with van der Waals surface area (Å²) in [5.74, 6) is 0.0863. The maximum absolute atomic E-state index is 10.5. The molecule has 0 saturated heterocycles. The lowest BCUT2D eigenvalue weighted by Gasteiger charge is -1.92. The fourth-order valence-electron chi connectivity index (χ4n) is 1.18. The molecule has 0 saturated carbocycles. The highest BCUT2D eigenvalue weighted by molar-refractivity contribution is 5.87. The van der Waals surface area contributed by atoms with E-state index in [1.807, 2.05) is 18.2 Å². The molecule has 0 aliphatic carbocycles. The summed E-state index contributed by atoms with van der Waals surface area (Å²) in [6, 6.07) is 0. The predicted molar refractivity (Wildman–Crippen MR) is 66.9 cm³/mol. The largest absolute Gasteiger partial charge is 0.295 e. The average molecular weight is 206 g/mol. The molecule has 0 aliphatic rings. The third kappa shape index (κ3) is 12.9. The number of rotatable bonds is 8. The van der Waals surface area contributed by atoms with E-state index >= 15 is 0 Å². The topological polar surface area (TPSA) is 17.1 Å². The molecule has 0 amide bonds. The zero-order valence-corrected chi connectivity index (χ0v) is 9.91. The summed E-state index contributed by atoms with van der Waals surface area (Å²) < 4.78 is 0. The summed E-state index contributed by atoms with van der Waals surface area (Å²) in [6.45, 7) is 3.77. The summed E-state index contributed by atoms with van der Waals surface area (Å²) in [5, 5.41) is 0. The molecule has 0 radical (unpaired) electrons. The highest BCUT2D eigenvalue weighted by Crippen LogP contribution is 2.02. The van der Waals surface area contributed by atoms with Crippen molar-refractivity contribution >= 4 is 5.78 Å². The second-order valence-corrected chi connectivity index (χ2v) is 3.63. The van der Waals surface area contributed by atoms with E-state index in [2.05, 4.69) is 13.0 Å². The number of hydrogen-bond donors (Lipinski definition) is 0. The molecule has 0 spiro atoms. The Kier molecular flexibility index (Phi) is 10.2. The van der Waals surface area contributed by atoms with Crippen molar-refractivity contribution in [3.8, 4) is 0 Å². The normalized spacial score (nSPS) is 12.1. The van der Waals surface area contributed by atoms with Crippen LogP contribution in [0.2, 0.25) is 0 Å². The Labute approximate surface area is 93.6 Å². The van der Waals surface area contributed by atoms with Gasteiger partial charge in [0.15, 0.2) is 5.78 Å². The molecule has 0 aromatic heterocycles. The molecule has 0 aromatic carbocycles. The molecule has 0 unspecified atom stereocenters. The van der Waals surface area contributed by atoms with Crippen molar-refractivity contribution in [2.75, 3.05) is 0 Å². The quantitative estimate of drug-likeness (QED) is 0.330. The Bertz CT molecular complexity index is 234. The van der Waals surface area contributed by atoms with Crippen molar-refractivity contribution in [2.24, 2.45) is 0 Å². The van der Waals surface area contributed by atoms with Gasteiger partial charge in [0, 0.05) is 0 Å². The number of carbonyl (C=O) groups excluding carboxylic acids is 1. The van der Waals surface area contributed by atoms with E-state index in [1.165, 1.54) is 25.7 Å². The summed E-state index contributed by atoms with van der Waals surface area (Å²) in [5.41, 5.74) is 0. The van der Waals surface area contributed by atoms with Gasteiger partial charge in [0.1, 0.15) is 0 Å². The average Bonchev–Trinajstić information content (AvgIpc) is 2.20. The highest BCUT2D eigenvalue weighted by Gasteiger charge is 1.83. The van der Waals surface area contributed by atoms with Crippen LogP contribution in [0.1, 0.15) is 46.0 Å². The zero-order chi connectivity index (χ0) is 11.4. The Morgan fingerprint density at radius 3 is 2.40 bits per heavy atom. The van der Waals surface area contributed by atoms with E-state index in [0.717, 1.165) is 6.42 Å². The summed E-state index contributed by atoms with van der Waals surface area (Å²) >= 11 is 0. The fraction of sp³-hybridized carbons (Fsp3) is 0.500. The van der Waals surface area contributed by atoms with Crippen molar-refractivity contribution in [3.05, 3.63) is 36.5 Å². The van der Waals surface area contributed by atoms with Gasteiger partial charge in [-0.2, -0.15) is 0 Å². The van der Waals surface area contributed by atoms with Crippen LogP contribution in [0.4, 0.5) is 0 Å². The van der Waals surface area contributed by atoms with Gasteiger partial charge in [0.25, 0.3) is 0 Å². The first-order valence-electron chi connectivity index (χ1n) is 5.77. The molecule has 1 nitrogen and oxygen atoms in total. The second-order valence-electron chi connectivity index (χ2n) is 3.63. The fourth-order valence-corrected chi connectivity index (χ4v) is 1.18. The van der Waals surface area contributed by atoms with Gasteiger partial charge in [0.05, 0.1) is 0 Å². The molecular formula is C14H22O. The predicted octanol–water partition coefficient (Wildman–Crippen LogP) is 4.21. The van der Waals surface area contributed by atoms with Gasteiger partial charge in [-0.15, -0.1) is 0 Å². The zero-order valence-electron chi connectivity index (χ0n) is 9.91. The SMILES string of the molecule is CCCCCC/C=C/C=C/C=C/C(C)=O. The van der Waals surface area contributed by atoms with Crippen LogP contribution < -0.4 is 0 Å². The van der Waals surface area contributed by atoms with Gasteiger partial charge < -0.3 is 0 Å². The molecule has 0 aliphatic heterocycles. The van der Waals surface area contributed by atoms with Crippen LogP contribution in [0.15, 0.2) is 36.5 Å². The molecule has 0 fully saturated rings. The minimum Gasteiger partial charge on any atom is -0.295 e. The lowest BCUT2D eigenvalue weighted by Crippen LogP contribution is -1.77. The maximum atomic E-state index is 10.5. The van der Waals surface area contributed by atoms with Gasteiger partial charge in [-0.05, 0) is 25.8 Å². The third-order valence-electron chi connectivity index (χ3n) is 2.02. The van der Waals surface area contributed by atoms with Gasteiger partial charge in [-0.25, -0.2) is 0 Å². The molecule has 0 atom stereocenters. The van der Waals surface area contributed by atoms with E-state index < -0.39 is 0 Å². The Morgan fingerprint density at radius 1 is 1.00 bits per heavy atom. The number of ketones is 1. The standard InChI is InChI=1S/C14H22O/c1-3-4-5-6-7-8-9-10-11-12-13-14(2)15/h8-13H,3-7H2,1-2H3/b9-8+,11-10+,13-12+. The van der Waals surface area contributed by atoms with Gasteiger partial charge in [-0.3, -0.25) is 4.79 Å². The van der Waals surface area contributed by atoms with Crippen LogP contribution in [0.5, 0.6) is 0 Å².